The number of unbranched alkanes of at least 4 members (excludes halogenated alkanes) is 1. The summed E-state index contributed by atoms with van der Waals surface area (Å²) in [5, 5.41) is 0. The predicted molar refractivity (Wildman–Crippen MR) is 110 cm³/mol. The van der Waals surface area contributed by atoms with Gasteiger partial charge >= 0.3 is 0 Å². The molecule has 0 bridgehead atoms. The highest BCUT2D eigenvalue weighted by Crippen LogP contribution is 2.40. The van der Waals surface area contributed by atoms with Gasteiger partial charge in [-0.1, -0.05) is 51.0 Å². The summed E-state index contributed by atoms with van der Waals surface area (Å²) in [6, 6.07) is 2.38. The van der Waals surface area contributed by atoms with Gasteiger partial charge in [0.1, 0.15) is 0 Å². The summed E-state index contributed by atoms with van der Waals surface area (Å²) >= 11 is 0. The molecule has 2 aliphatic rings. The fraction of sp³-hybridized carbons (Fsp3) is 0.680. The van der Waals surface area contributed by atoms with Crippen molar-refractivity contribution >= 4 is 0 Å². The third-order valence-electron chi connectivity index (χ3n) is 7.29. The van der Waals surface area contributed by atoms with Gasteiger partial charge < -0.3 is 0 Å². The molecule has 0 aromatic heterocycles. The lowest BCUT2D eigenvalue weighted by Gasteiger charge is -2.32. The topological polar surface area (TPSA) is 0 Å². The molecular formula is C25H35F3. The van der Waals surface area contributed by atoms with Crippen LogP contribution >= 0.6 is 0 Å². The Kier molecular flexibility index (Phi) is 8.05. The lowest BCUT2D eigenvalue weighted by atomic mass is 9.74. The second-order valence-electron chi connectivity index (χ2n) is 9.20. The van der Waals surface area contributed by atoms with Gasteiger partial charge in [0.15, 0.2) is 17.5 Å². The molecule has 28 heavy (non-hydrogen) atoms. The van der Waals surface area contributed by atoms with Gasteiger partial charge in [0.05, 0.1) is 0 Å². The van der Waals surface area contributed by atoms with E-state index in [0.717, 1.165) is 49.9 Å². The zero-order chi connectivity index (χ0) is 19.9. The fourth-order valence-corrected chi connectivity index (χ4v) is 5.43. The number of halogens is 3. The van der Waals surface area contributed by atoms with Gasteiger partial charge in [0, 0.05) is 0 Å². The Morgan fingerprint density at radius 1 is 0.750 bits per heavy atom. The van der Waals surface area contributed by atoms with E-state index in [1.807, 2.05) is 6.08 Å². The molecule has 0 saturated heterocycles. The third-order valence-corrected chi connectivity index (χ3v) is 7.29. The van der Waals surface area contributed by atoms with E-state index in [1.165, 1.54) is 63.5 Å². The van der Waals surface area contributed by atoms with Gasteiger partial charge in [-0.25, -0.2) is 13.2 Å². The molecule has 156 valence electrons. The summed E-state index contributed by atoms with van der Waals surface area (Å²) in [7, 11) is 0. The molecule has 2 aliphatic carbocycles. The zero-order valence-corrected chi connectivity index (χ0v) is 17.1. The molecule has 0 nitrogen and oxygen atoms in total. The van der Waals surface area contributed by atoms with Crippen LogP contribution in [0.15, 0.2) is 24.8 Å². The van der Waals surface area contributed by atoms with E-state index in [1.54, 1.807) is 0 Å². The number of hydrogen-bond donors (Lipinski definition) is 0. The highest BCUT2D eigenvalue weighted by atomic mass is 19.2. The SMILES string of the molecule is C=CCCC[C@H]1CC[C@H](CC[C@H]2CC[C@H](c3cc(F)c(F)c(F)c3)CC2)CC1. The van der Waals surface area contributed by atoms with Crippen molar-refractivity contribution in [3.63, 3.8) is 0 Å². The quantitative estimate of drug-likeness (QED) is 0.237. The summed E-state index contributed by atoms with van der Waals surface area (Å²) in [6.45, 7) is 3.81. The van der Waals surface area contributed by atoms with Crippen molar-refractivity contribution < 1.29 is 13.2 Å². The molecule has 0 N–H and O–H groups in total. The van der Waals surface area contributed by atoms with Crippen LogP contribution in [0.3, 0.4) is 0 Å². The molecule has 3 rings (SSSR count). The van der Waals surface area contributed by atoms with Gasteiger partial charge in [0.2, 0.25) is 0 Å². The van der Waals surface area contributed by atoms with Crippen molar-refractivity contribution in [2.24, 2.45) is 17.8 Å². The molecular weight excluding hydrogens is 357 g/mol. The summed E-state index contributed by atoms with van der Waals surface area (Å²) in [5.74, 6) is -0.720. The monoisotopic (exact) mass is 392 g/mol. The molecule has 0 aliphatic heterocycles. The summed E-state index contributed by atoms with van der Waals surface area (Å²) in [6.07, 6.45) is 18.2. The van der Waals surface area contributed by atoms with E-state index in [4.69, 9.17) is 0 Å². The lowest BCUT2D eigenvalue weighted by molar-refractivity contribution is 0.223. The smallest absolute Gasteiger partial charge is 0.194 e. The first-order valence-corrected chi connectivity index (χ1v) is 11.3. The maximum Gasteiger partial charge on any atom is 0.194 e. The maximum atomic E-state index is 13.5. The highest BCUT2D eigenvalue weighted by molar-refractivity contribution is 5.23. The largest absolute Gasteiger partial charge is 0.204 e. The normalized spacial score (nSPS) is 28.2. The van der Waals surface area contributed by atoms with Crippen LogP contribution in [-0.4, -0.2) is 0 Å². The minimum Gasteiger partial charge on any atom is -0.204 e. The van der Waals surface area contributed by atoms with Gasteiger partial charge in [-0.2, -0.15) is 0 Å². The van der Waals surface area contributed by atoms with Crippen molar-refractivity contribution in [2.45, 2.75) is 89.4 Å². The number of hydrogen-bond acceptors (Lipinski definition) is 0. The molecule has 0 unspecified atom stereocenters. The van der Waals surface area contributed by atoms with Crippen LogP contribution in [0.4, 0.5) is 13.2 Å². The molecule has 2 saturated carbocycles. The summed E-state index contributed by atoms with van der Waals surface area (Å²) in [4.78, 5) is 0. The third kappa shape index (κ3) is 5.87. The summed E-state index contributed by atoms with van der Waals surface area (Å²) < 4.78 is 40.2. The van der Waals surface area contributed by atoms with E-state index in [9.17, 15) is 13.2 Å². The fourth-order valence-electron chi connectivity index (χ4n) is 5.43. The van der Waals surface area contributed by atoms with Crippen molar-refractivity contribution in [1.82, 2.24) is 0 Å². The Bertz CT molecular complexity index is 600. The minimum atomic E-state index is -1.35. The van der Waals surface area contributed by atoms with Crippen molar-refractivity contribution in [3.8, 4) is 0 Å². The van der Waals surface area contributed by atoms with Gasteiger partial charge in [-0.15, -0.1) is 6.58 Å². The highest BCUT2D eigenvalue weighted by Gasteiger charge is 2.26. The first-order valence-electron chi connectivity index (χ1n) is 11.3. The number of benzene rings is 1. The standard InChI is InChI=1S/C25H35F3/c1-2-3-4-5-18-6-8-19(9-7-18)10-11-20-12-14-21(15-13-20)22-16-23(26)25(28)24(27)17-22/h2,16-21H,1,3-15H2/t18-,19-,20-,21-. The molecule has 1 aromatic carbocycles. The van der Waals surface area contributed by atoms with Crippen LogP contribution in [0.5, 0.6) is 0 Å². The molecule has 1 aromatic rings. The molecule has 0 spiro atoms. The molecule has 0 heterocycles. The van der Waals surface area contributed by atoms with Gasteiger partial charge in [0.25, 0.3) is 0 Å². The van der Waals surface area contributed by atoms with Crippen molar-refractivity contribution in [3.05, 3.63) is 47.8 Å². The van der Waals surface area contributed by atoms with E-state index in [0.29, 0.717) is 5.56 Å². The van der Waals surface area contributed by atoms with E-state index >= 15 is 0 Å². The first kappa shape index (κ1) is 21.5. The number of rotatable bonds is 8. The average molecular weight is 393 g/mol. The van der Waals surface area contributed by atoms with Crippen molar-refractivity contribution in [2.75, 3.05) is 0 Å². The van der Waals surface area contributed by atoms with E-state index < -0.39 is 17.5 Å². The first-order chi connectivity index (χ1) is 13.6. The molecule has 3 heteroatoms. The van der Waals surface area contributed by atoms with Gasteiger partial charge in [-0.05, 0) is 79.9 Å². The Morgan fingerprint density at radius 3 is 1.71 bits per heavy atom. The van der Waals surface area contributed by atoms with Crippen LogP contribution in [0.1, 0.15) is 95.0 Å². The Morgan fingerprint density at radius 2 is 1.21 bits per heavy atom. The van der Waals surface area contributed by atoms with Crippen molar-refractivity contribution in [1.29, 1.82) is 0 Å². The predicted octanol–water partition coefficient (Wildman–Crippen LogP) is 8.32. The summed E-state index contributed by atoms with van der Waals surface area (Å²) in [5.41, 5.74) is 0.629. The second-order valence-corrected chi connectivity index (χ2v) is 9.20. The van der Waals surface area contributed by atoms with Crippen LogP contribution in [-0.2, 0) is 0 Å². The van der Waals surface area contributed by atoms with Crippen LogP contribution in [0.25, 0.3) is 0 Å². The van der Waals surface area contributed by atoms with E-state index in [2.05, 4.69) is 6.58 Å². The maximum absolute atomic E-state index is 13.5. The average Bonchev–Trinajstić information content (AvgIpc) is 2.71. The van der Waals surface area contributed by atoms with Crippen LogP contribution in [0, 0.1) is 35.2 Å². The lowest BCUT2D eigenvalue weighted by Crippen LogP contribution is -2.18. The van der Waals surface area contributed by atoms with Gasteiger partial charge in [-0.3, -0.25) is 0 Å². The molecule has 0 atom stereocenters. The Hall–Kier alpha value is -1.25. The second kappa shape index (κ2) is 10.5. The van der Waals surface area contributed by atoms with Crippen LogP contribution in [0.2, 0.25) is 0 Å². The Labute approximate surface area is 168 Å². The zero-order valence-electron chi connectivity index (χ0n) is 17.1. The molecule has 2 fully saturated rings. The minimum absolute atomic E-state index is 0.173. The Balaban J connectivity index is 1.36. The molecule has 0 radical (unpaired) electrons. The number of allylic oxidation sites excluding steroid dienone is 1. The van der Waals surface area contributed by atoms with E-state index in [-0.39, 0.29) is 5.92 Å². The molecule has 0 amide bonds. The van der Waals surface area contributed by atoms with Crippen LogP contribution < -0.4 is 0 Å².